The number of aliphatic imine (C=N–C) groups is 1. The summed E-state index contributed by atoms with van der Waals surface area (Å²) < 4.78 is 0. The van der Waals surface area contributed by atoms with E-state index in [1.54, 1.807) is 0 Å². The van der Waals surface area contributed by atoms with Crippen molar-refractivity contribution in [2.45, 2.75) is 45.1 Å². The van der Waals surface area contributed by atoms with Gasteiger partial charge in [0.1, 0.15) is 0 Å². The fraction of sp³-hybridized carbons (Fsp3) is 0.137. The van der Waals surface area contributed by atoms with Crippen LogP contribution >= 0.6 is 0 Å². The minimum absolute atomic E-state index is 0.0793. The number of pyridine rings is 1. The fourth-order valence-corrected chi connectivity index (χ4v) is 9.33. The third kappa shape index (κ3) is 4.65. The van der Waals surface area contributed by atoms with E-state index in [4.69, 9.17) is 4.98 Å². The van der Waals surface area contributed by atoms with E-state index in [0.717, 1.165) is 38.7 Å². The van der Waals surface area contributed by atoms with Crippen molar-refractivity contribution in [3.05, 3.63) is 173 Å². The number of nitrogens with zero attached hydrogens (tertiary/aromatic N) is 2. The van der Waals surface area contributed by atoms with Gasteiger partial charge in [-0.05, 0) is 109 Å². The summed E-state index contributed by atoms with van der Waals surface area (Å²) in [7, 11) is 0. The number of hydrogen-bond donors (Lipinski definition) is 0. The lowest BCUT2D eigenvalue weighted by molar-refractivity contribution is 0.660. The van der Waals surface area contributed by atoms with Gasteiger partial charge in [0.2, 0.25) is 0 Å². The Balaban J connectivity index is 1.21. The van der Waals surface area contributed by atoms with E-state index in [0.29, 0.717) is 6.54 Å². The largest absolute Gasteiger partial charge is 0.296 e. The molecular formula is C51H40N2. The molecule has 0 radical (unpaired) electrons. The first-order chi connectivity index (χ1) is 25.7. The molecule has 0 saturated carbocycles. The second-order valence-electron chi connectivity index (χ2n) is 15.9. The zero-order chi connectivity index (χ0) is 36.1. The van der Waals surface area contributed by atoms with Crippen LogP contribution in [0.25, 0.3) is 77.4 Å². The van der Waals surface area contributed by atoms with Crippen LogP contribution in [0, 0.1) is 0 Å². The number of hydrogen-bond acceptors (Lipinski definition) is 2. The van der Waals surface area contributed by atoms with Crippen LogP contribution in [0.1, 0.15) is 55.5 Å². The monoisotopic (exact) mass is 680 g/mol. The van der Waals surface area contributed by atoms with Crippen LogP contribution in [0.4, 0.5) is 0 Å². The van der Waals surface area contributed by atoms with Crippen LogP contribution < -0.4 is 0 Å². The molecule has 2 aliphatic carbocycles. The molecular weight excluding hydrogens is 641 g/mol. The van der Waals surface area contributed by atoms with Crippen molar-refractivity contribution in [2.75, 3.05) is 0 Å². The highest BCUT2D eigenvalue weighted by molar-refractivity contribution is 6.16. The van der Waals surface area contributed by atoms with Gasteiger partial charge in [-0.25, -0.2) is 4.98 Å². The third-order valence-electron chi connectivity index (χ3n) is 12.2. The quantitative estimate of drug-likeness (QED) is 0.131. The van der Waals surface area contributed by atoms with Gasteiger partial charge in [0.05, 0.1) is 17.8 Å². The lowest BCUT2D eigenvalue weighted by Crippen LogP contribution is -2.15. The van der Waals surface area contributed by atoms with E-state index in [1.165, 1.54) is 66.6 Å². The molecule has 0 saturated heterocycles. The van der Waals surface area contributed by atoms with Crippen LogP contribution in [-0.2, 0) is 17.4 Å². The molecule has 10 rings (SSSR count). The Morgan fingerprint density at radius 1 is 0.453 bits per heavy atom. The molecule has 0 amide bonds. The van der Waals surface area contributed by atoms with Gasteiger partial charge in [0.25, 0.3) is 0 Å². The summed E-state index contributed by atoms with van der Waals surface area (Å²) in [5.41, 5.74) is 19.7. The SMILES string of the molecule is C=NCc1ccc(-c2cc(-c3ccc4c(c3)C(C)(C)c3ccccc3-4)nc3c2cc(-c2ccc4c(c2)C(C)(C)c2ccccc2-4)c2ccccc23)cc1. The topological polar surface area (TPSA) is 25.2 Å². The Bertz CT molecular complexity index is 2820. The van der Waals surface area contributed by atoms with Gasteiger partial charge in [-0.3, -0.25) is 4.99 Å². The zero-order valence-electron chi connectivity index (χ0n) is 30.7. The standard InChI is InChI=1S/C51H40N2/c1-50(2)44-16-10-8-13-36(44)38-24-22-33(26-46(38)50)41-28-43-42(32-20-18-31(19-21-32)30-52-5)29-48(53-49(43)40-15-7-6-12-35(40)41)34-23-25-39-37-14-9-11-17-45(37)51(3,4)47(39)27-34/h6-29H,5,30H2,1-4H3. The molecule has 0 unspecified atom stereocenters. The average molecular weight is 681 g/mol. The minimum Gasteiger partial charge on any atom is -0.296 e. The molecule has 0 fully saturated rings. The number of aromatic nitrogens is 1. The van der Waals surface area contributed by atoms with E-state index in [1.807, 2.05) is 0 Å². The lowest BCUT2D eigenvalue weighted by atomic mass is 9.81. The van der Waals surface area contributed by atoms with Crippen molar-refractivity contribution >= 4 is 28.4 Å². The van der Waals surface area contributed by atoms with Gasteiger partial charge >= 0.3 is 0 Å². The first-order valence-corrected chi connectivity index (χ1v) is 18.6. The molecule has 1 heterocycles. The summed E-state index contributed by atoms with van der Waals surface area (Å²) >= 11 is 0. The van der Waals surface area contributed by atoms with Gasteiger partial charge in [-0.1, -0.05) is 149 Å². The van der Waals surface area contributed by atoms with Gasteiger partial charge in [0.15, 0.2) is 0 Å². The molecule has 254 valence electrons. The molecule has 0 N–H and O–H groups in total. The van der Waals surface area contributed by atoms with Crippen LogP contribution in [0.3, 0.4) is 0 Å². The van der Waals surface area contributed by atoms with Crippen molar-refractivity contribution in [1.82, 2.24) is 4.98 Å². The molecule has 2 nitrogen and oxygen atoms in total. The Morgan fingerprint density at radius 2 is 0.962 bits per heavy atom. The maximum atomic E-state index is 5.55. The van der Waals surface area contributed by atoms with E-state index in [2.05, 4.69) is 185 Å². The molecule has 0 bridgehead atoms. The van der Waals surface area contributed by atoms with Gasteiger partial charge < -0.3 is 0 Å². The van der Waals surface area contributed by atoms with Crippen LogP contribution in [0.5, 0.6) is 0 Å². The molecule has 7 aromatic carbocycles. The maximum absolute atomic E-state index is 5.55. The van der Waals surface area contributed by atoms with Crippen molar-refractivity contribution in [3.8, 4) is 55.8 Å². The number of benzene rings is 7. The van der Waals surface area contributed by atoms with Crippen LogP contribution in [0.2, 0.25) is 0 Å². The molecule has 0 spiro atoms. The Kier molecular flexibility index (Phi) is 6.82. The highest BCUT2D eigenvalue weighted by Gasteiger charge is 2.36. The van der Waals surface area contributed by atoms with Crippen molar-refractivity contribution < 1.29 is 0 Å². The molecule has 0 aliphatic heterocycles. The predicted molar refractivity (Wildman–Crippen MR) is 224 cm³/mol. The number of fused-ring (bicyclic) bond motifs is 9. The van der Waals surface area contributed by atoms with Crippen molar-refractivity contribution in [1.29, 1.82) is 0 Å². The van der Waals surface area contributed by atoms with Crippen molar-refractivity contribution in [3.63, 3.8) is 0 Å². The summed E-state index contributed by atoms with van der Waals surface area (Å²) in [6.07, 6.45) is 0. The first kappa shape index (κ1) is 31.6. The summed E-state index contributed by atoms with van der Waals surface area (Å²) in [4.78, 5) is 9.68. The highest BCUT2D eigenvalue weighted by Crippen LogP contribution is 2.52. The average Bonchev–Trinajstić information content (AvgIpc) is 3.56. The van der Waals surface area contributed by atoms with Gasteiger partial charge in [-0.2, -0.15) is 0 Å². The summed E-state index contributed by atoms with van der Waals surface area (Å²) in [5, 5.41) is 3.52. The second kappa shape index (κ2) is 11.4. The van der Waals surface area contributed by atoms with E-state index in [-0.39, 0.29) is 10.8 Å². The van der Waals surface area contributed by atoms with Gasteiger partial charge in [-0.15, -0.1) is 0 Å². The molecule has 53 heavy (non-hydrogen) atoms. The first-order valence-electron chi connectivity index (χ1n) is 18.6. The van der Waals surface area contributed by atoms with Crippen LogP contribution in [0.15, 0.2) is 151 Å². The fourth-order valence-electron chi connectivity index (χ4n) is 9.33. The molecule has 1 aromatic heterocycles. The van der Waals surface area contributed by atoms with Crippen LogP contribution in [-0.4, -0.2) is 11.7 Å². The lowest BCUT2D eigenvalue weighted by Gasteiger charge is -2.22. The highest BCUT2D eigenvalue weighted by atomic mass is 14.7. The van der Waals surface area contributed by atoms with E-state index >= 15 is 0 Å². The second-order valence-corrected chi connectivity index (χ2v) is 15.9. The molecule has 8 aromatic rings. The molecule has 0 atom stereocenters. The summed E-state index contributed by atoms with van der Waals surface area (Å²) in [5.74, 6) is 0. The normalized spacial score (nSPS) is 14.5. The van der Waals surface area contributed by atoms with Gasteiger partial charge in [0, 0.05) is 27.2 Å². The molecule has 2 heteroatoms. The summed E-state index contributed by atoms with van der Waals surface area (Å²) in [6.45, 7) is 13.7. The summed E-state index contributed by atoms with van der Waals surface area (Å²) in [6, 6.07) is 54.0. The van der Waals surface area contributed by atoms with E-state index in [9.17, 15) is 0 Å². The third-order valence-corrected chi connectivity index (χ3v) is 12.2. The Morgan fingerprint density at radius 3 is 1.60 bits per heavy atom. The zero-order valence-corrected chi connectivity index (χ0v) is 30.7. The number of rotatable bonds is 5. The predicted octanol–water partition coefficient (Wildman–Crippen LogP) is 13.2. The molecule has 2 aliphatic rings. The van der Waals surface area contributed by atoms with Crippen molar-refractivity contribution in [2.24, 2.45) is 4.99 Å². The minimum atomic E-state index is -0.0932. The van der Waals surface area contributed by atoms with E-state index < -0.39 is 0 Å². The Hall–Kier alpha value is -6.12. The smallest absolute Gasteiger partial charge is 0.0794 e. The maximum Gasteiger partial charge on any atom is 0.0794 e. The Labute approximate surface area is 311 Å².